The molecule has 2 heterocycles. The summed E-state index contributed by atoms with van der Waals surface area (Å²) in [6.45, 7) is 7.78. The maximum Gasteiger partial charge on any atom is 0.303 e. The minimum absolute atomic E-state index is 0.0579. The van der Waals surface area contributed by atoms with Gasteiger partial charge in [0.25, 0.3) is 0 Å². The van der Waals surface area contributed by atoms with E-state index < -0.39 is 5.97 Å². The van der Waals surface area contributed by atoms with Crippen molar-refractivity contribution in [3.05, 3.63) is 23.1 Å². The molecule has 0 saturated heterocycles. The van der Waals surface area contributed by atoms with Gasteiger partial charge < -0.3 is 14.6 Å². The van der Waals surface area contributed by atoms with Gasteiger partial charge in [0.05, 0.1) is 6.42 Å². The Labute approximate surface area is 134 Å². The number of aliphatic carboxylic acids is 1. The Bertz CT molecular complexity index is 652. The second kappa shape index (κ2) is 7.56. The number of nitrogens with zero attached hydrogens (tertiary/aromatic N) is 4. The molecule has 2 aromatic rings. The van der Waals surface area contributed by atoms with Crippen LogP contribution in [0.3, 0.4) is 0 Å². The molecular formula is C15H21ClN4O2. The monoisotopic (exact) mass is 324 g/mol. The lowest BCUT2D eigenvalue weighted by molar-refractivity contribution is -0.137. The van der Waals surface area contributed by atoms with Crippen LogP contribution in [0.5, 0.6) is 0 Å². The minimum atomic E-state index is -0.826. The summed E-state index contributed by atoms with van der Waals surface area (Å²) in [5.74, 6) is -0.0762. The van der Waals surface area contributed by atoms with E-state index in [9.17, 15) is 4.79 Å². The smallest absolute Gasteiger partial charge is 0.303 e. The number of imidazole rings is 1. The van der Waals surface area contributed by atoms with E-state index in [2.05, 4.69) is 28.7 Å². The lowest BCUT2D eigenvalue weighted by Crippen LogP contribution is -2.27. The van der Waals surface area contributed by atoms with Crippen LogP contribution in [0.15, 0.2) is 12.1 Å². The van der Waals surface area contributed by atoms with Gasteiger partial charge in [-0.05, 0) is 25.2 Å². The number of carboxylic acids is 1. The lowest BCUT2D eigenvalue weighted by Gasteiger charge is -2.19. The van der Waals surface area contributed by atoms with E-state index in [1.807, 2.05) is 10.6 Å². The Morgan fingerprint density at radius 1 is 1.32 bits per heavy atom. The molecular weight excluding hydrogens is 304 g/mol. The van der Waals surface area contributed by atoms with Gasteiger partial charge in [0.1, 0.15) is 16.5 Å². The van der Waals surface area contributed by atoms with Crippen LogP contribution in [0, 0.1) is 0 Å². The molecule has 0 atom stereocenters. The minimum Gasteiger partial charge on any atom is -0.481 e. The fourth-order valence-electron chi connectivity index (χ4n) is 2.45. The van der Waals surface area contributed by atoms with Crippen molar-refractivity contribution in [3.8, 4) is 0 Å². The third kappa shape index (κ3) is 3.96. The molecule has 0 bridgehead atoms. The lowest BCUT2D eigenvalue weighted by atomic mass is 10.3. The predicted molar refractivity (Wildman–Crippen MR) is 86.3 cm³/mol. The van der Waals surface area contributed by atoms with Gasteiger partial charge >= 0.3 is 5.97 Å². The van der Waals surface area contributed by atoms with Gasteiger partial charge in [0.15, 0.2) is 5.65 Å². The maximum atomic E-state index is 10.8. The number of halogens is 1. The molecule has 0 unspecified atom stereocenters. The molecule has 7 heteroatoms. The number of fused-ring (bicyclic) bond motifs is 1. The normalized spacial score (nSPS) is 11.5. The van der Waals surface area contributed by atoms with Crippen LogP contribution in [0.4, 0.5) is 0 Å². The molecule has 120 valence electrons. The second-order valence-electron chi connectivity index (χ2n) is 5.08. The zero-order valence-corrected chi connectivity index (χ0v) is 13.7. The molecule has 0 amide bonds. The van der Waals surface area contributed by atoms with Crippen LogP contribution < -0.4 is 0 Å². The summed E-state index contributed by atoms with van der Waals surface area (Å²) in [4.78, 5) is 22.0. The Hall–Kier alpha value is -1.66. The Balaban J connectivity index is 2.31. The van der Waals surface area contributed by atoms with E-state index in [1.54, 1.807) is 6.07 Å². The van der Waals surface area contributed by atoms with E-state index in [0.29, 0.717) is 11.6 Å². The SMILES string of the molecule is CCN(CC)CCn1c(CCC(=O)O)nc2ccc(Cl)nc21. The molecule has 0 aliphatic rings. The maximum absolute atomic E-state index is 10.8. The van der Waals surface area contributed by atoms with Gasteiger partial charge in [-0.1, -0.05) is 25.4 Å². The third-order valence-electron chi connectivity index (χ3n) is 3.73. The molecule has 0 fully saturated rings. The predicted octanol–water partition coefficient (Wildman–Crippen LogP) is 2.44. The first-order chi connectivity index (χ1) is 10.5. The highest BCUT2D eigenvalue weighted by molar-refractivity contribution is 6.29. The first-order valence-electron chi connectivity index (χ1n) is 7.51. The first-order valence-corrected chi connectivity index (χ1v) is 7.88. The van der Waals surface area contributed by atoms with E-state index in [1.165, 1.54) is 0 Å². The number of aromatic nitrogens is 3. The zero-order chi connectivity index (χ0) is 16.1. The average Bonchev–Trinajstić information content (AvgIpc) is 2.83. The van der Waals surface area contributed by atoms with Crippen LogP contribution in [-0.2, 0) is 17.8 Å². The zero-order valence-electron chi connectivity index (χ0n) is 12.9. The fourth-order valence-corrected chi connectivity index (χ4v) is 2.59. The fraction of sp³-hybridized carbons (Fsp3) is 0.533. The molecule has 0 aliphatic heterocycles. The first kappa shape index (κ1) is 16.7. The van der Waals surface area contributed by atoms with Crippen LogP contribution >= 0.6 is 11.6 Å². The van der Waals surface area contributed by atoms with Crippen LogP contribution in [-0.4, -0.2) is 50.1 Å². The molecule has 2 rings (SSSR count). The molecule has 0 aliphatic carbocycles. The second-order valence-corrected chi connectivity index (χ2v) is 5.46. The molecule has 0 radical (unpaired) electrons. The summed E-state index contributed by atoms with van der Waals surface area (Å²) in [7, 11) is 0. The van der Waals surface area contributed by atoms with Gasteiger partial charge in [0.2, 0.25) is 0 Å². The van der Waals surface area contributed by atoms with Gasteiger partial charge in [-0.3, -0.25) is 4.79 Å². The molecule has 2 aromatic heterocycles. The molecule has 6 nitrogen and oxygen atoms in total. The Kier molecular flexibility index (Phi) is 5.74. The number of aryl methyl sites for hydroxylation is 1. The number of carbonyl (C=O) groups is 1. The van der Waals surface area contributed by atoms with E-state index in [-0.39, 0.29) is 6.42 Å². The molecule has 0 saturated carbocycles. The topological polar surface area (TPSA) is 71.2 Å². The summed E-state index contributed by atoms with van der Waals surface area (Å²) in [5, 5.41) is 9.31. The molecule has 22 heavy (non-hydrogen) atoms. The molecule has 0 spiro atoms. The van der Waals surface area contributed by atoms with Crippen LogP contribution in [0.25, 0.3) is 11.2 Å². The summed E-state index contributed by atoms with van der Waals surface area (Å²) in [6, 6.07) is 3.52. The summed E-state index contributed by atoms with van der Waals surface area (Å²) < 4.78 is 1.99. The average molecular weight is 325 g/mol. The van der Waals surface area contributed by atoms with E-state index in [4.69, 9.17) is 16.7 Å². The van der Waals surface area contributed by atoms with Crippen LogP contribution in [0.1, 0.15) is 26.1 Å². The summed E-state index contributed by atoms with van der Waals surface area (Å²) in [5.41, 5.74) is 1.48. The van der Waals surface area contributed by atoms with Crippen molar-refractivity contribution < 1.29 is 9.90 Å². The van der Waals surface area contributed by atoms with E-state index >= 15 is 0 Å². The third-order valence-corrected chi connectivity index (χ3v) is 3.94. The van der Waals surface area contributed by atoms with Crippen molar-refractivity contribution in [2.75, 3.05) is 19.6 Å². The quantitative estimate of drug-likeness (QED) is 0.755. The molecule has 1 N–H and O–H groups in total. The standard InChI is InChI=1S/C15H21ClN4O2/c1-3-19(4-2)9-10-20-13(7-8-14(21)22)17-11-5-6-12(16)18-15(11)20/h5-6H,3-4,7-10H2,1-2H3,(H,21,22). The Morgan fingerprint density at radius 3 is 2.68 bits per heavy atom. The summed E-state index contributed by atoms with van der Waals surface area (Å²) in [6.07, 6.45) is 0.448. The number of likely N-dealkylation sites (N-methyl/N-ethyl adjacent to an activating group) is 1. The van der Waals surface area contributed by atoms with Gasteiger partial charge in [-0.15, -0.1) is 0 Å². The number of carboxylic acid groups (broad SMARTS) is 1. The van der Waals surface area contributed by atoms with Crippen molar-refractivity contribution in [3.63, 3.8) is 0 Å². The van der Waals surface area contributed by atoms with Crippen molar-refractivity contribution in [1.29, 1.82) is 0 Å². The van der Waals surface area contributed by atoms with Crippen molar-refractivity contribution in [1.82, 2.24) is 19.4 Å². The summed E-state index contributed by atoms with van der Waals surface area (Å²) >= 11 is 5.99. The van der Waals surface area contributed by atoms with Gasteiger partial charge in [0, 0.05) is 19.5 Å². The molecule has 0 aromatic carbocycles. The van der Waals surface area contributed by atoms with Crippen molar-refractivity contribution >= 4 is 28.7 Å². The van der Waals surface area contributed by atoms with Crippen molar-refractivity contribution in [2.24, 2.45) is 0 Å². The largest absolute Gasteiger partial charge is 0.481 e. The number of hydrogen-bond donors (Lipinski definition) is 1. The number of pyridine rings is 1. The van der Waals surface area contributed by atoms with Crippen molar-refractivity contribution in [2.45, 2.75) is 33.2 Å². The number of rotatable bonds is 8. The van der Waals surface area contributed by atoms with Gasteiger partial charge in [-0.25, -0.2) is 9.97 Å². The van der Waals surface area contributed by atoms with Crippen LogP contribution in [0.2, 0.25) is 5.15 Å². The van der Waals surface area contributed by atoms with Gasteiger partial charge in [-0.2, -0.15) is 0 Å². The Morgan fingerprint density at radius 2 is 2.05 bits per heavy atom. The number of hydrogen-bond acceptors (Lipinski definition) is 4. The highest BCUT2D eigenvalue weighted by Crippen LogP contribution is 2.18. The highest BCUT2D eigenvalue weighted by atomic mass is 35.5. The van der Waals surface area contributed by atoms with E-state index in [0.717, 1.165) is 43.2 Å². The highest BCUT2D eigenvalue weighted by Gasteiger charge is 2.14.